The number of rotatable bonds is 5. The van der Waals surface area contributed by atoms with Crippen molar-refractivity contribution in [3.63, 3.8) is 0 Å². The van der Waals surface area contributed by atoms with E-state index in [1.807, 2.05) is 6.07 Å². The lowest BCUT2D eigenvalue weighted by atomic mass is 10.2. The van der Waals surface area contributed by atoms with Gasteiger partial charge in [-0.15, -0.1) is 0 Å². The highest BCUT2D eigenvalue weighted by atomic mass is 19.1. The van der Waals surface area contributed by atoms with Gasteiger partial charge in [0.15, 0.2) is 0 Å². The third kappa shape index (κ3) is 4.64. The molecule has 6 heteroatoms. The van der Waals surface area contributed by atoms with Gasteiger partial charge in [-0.1, -0.05) is 29.4 Å². The molecule has 0 aliphatic carbocycles. The van der Waals surface area contributed by atoms with Gasteiger partial charge in [0.1, 0.15) is 5.82 Å². The molecule has 0 bridgehead atoms. The zero-order valence-electron chi connectivity index (χ0n) is 12.4. The number of hydrogen-bond donors (Lipinski definition) is 1. The molecule has 23 heavy (non-hydrogen) atoms. The molecule has 0 unspecified atom stereocenters. The minimum Gasteiger partial charge on any atom is -0.383 e. The van der Waals surface area contributed by atoms with Crippen LogP contribution in [-0.4, -0.2) is 18.2 Å². The lowest BCUT2D eigenvalue weighted by Crippen LogP contribution is -2.26. The molecule has 1 N–H and O–H groups in total. The molecule has 0 spiro atoms. The minimum atomic E-state index is -0.872. The largest absolute Gasteiger partial charge is 0.383 e. The number of hydrogen-bond acceptors (Lipinski definition) is 4. The van der Waals surface area contributed by atoms with Crippen LogP contribution in [0.2, 0.25) is 0 Å². The van der Waals surface area contributed by atoms with E-state index in [2.05, 4.69) is 10.5 Å². The number of nitriles is 1. The van der Waals surface area contributed by atoms with Crippen LogP contribution in [0, 0.1) is 17.1 Å². The Morgan fingerprint density at radius 1 is 1.35 bits per heavy atom. The lowest BCUT2D eigenvalue weighted by molar-refractivity contribution is -0.126. The van der Waals surface area contributed by atoms with E-state index in [9.17, 15) is 9.18 Å². The molecule has 0 heterocycles. The standard InChI is InChI=1S/C17H14FN3O2/c1-12(23-20-11-14-6-2-3-8-16(14)18)17(22)21-15-7-4-5-13(9-15)10-19/h2-9,11-12H,1H3,(H,21,22)/b20-11-/t12-/m1/s1. The molecule has 0 aromatic heterocycles. The topological polar surface area (TPSA) is 74.5 Å². The van der Waals surface area contributed by atoms with Gasteiger partial charge in [0, 0.05) is 11.3 Å². The maximum atomic E-state index is 13.4. The predicted molar refractivity (Wildman–Crippen MR) is 84.3 cm³/mol. The average molecular weight is 311 g/mol. The predicted octanol–water partition coefficient (Wildman–Crippen LogP) is 3.08. The van der Waals surface area contributed by atoms with Crippen molar-refractivity contribution < 1.29 is 14.0 Å². The van der Waals surface area contributed by atoms with Crippen LogP contribution in [0.3, 0.4) is 0 Å². The van der Waals surface area contributed by atoms with Crippen molar-refractivity contribution in [1.29, 1.82) is 5.26 Å². The summed E-state index contributed by atoms with van der Waals surface area (Å²) >= 11 is 0. The van der Waals surface area contributed by atoms with Crippen LogP contribution in [0.25, 0.3) is 0 Å². The second-order valence-electron chi connectivity index (χ2n) is 4.69. The van der Waals surface area contributed by atoms with E-state index in [1.54, 1.807) is 42.5 Å². The summed E-state index contributed by atoms with van der Waals surface area (Å²) in [6, 6.07) is 14.6. The van der Waals surface area contributed by atoms with Gasteiger partial charge in [-0.3, -0.25) is 4.79 Å². The second-order valence-corrected chi connectivity index (χ2v) is 4.69. The monoisotopic (exact) mass is 311 g/mol. The van der Waals surface area contributed by atoms with Gasteiger partial charge < -0.3 is 10.2 Å². The van der Waals surface area contributed by atoms with Crippen molar-refractivity contribution in [3.8, 4) is 6.07 Å². The van der Waals surface area contributed by atoms with Crippen LogP contribution >= 0.6 is 0 Å². The van der Waals surface area contributed by atoms with Crippen LogP contribution in [0.1, 0.15) is 18.1 Å². The first-order valence-corrected chi connectivity index (χ1v) is 6.85. The molecule has 0 fully saturated rings. The van der Waals surface area contributed by atoms with Gasteiger partial charge in [-0.05, 0) is 31.2 Å². The fourth-order valence-electron chi connectivity index (χ4n) is 1.72. The van der Waals surface area contributed by atoms with Crippen LogP contribution in [-0.2, 0) is 9.63 Å². The number of nitrogens with one attached hydrogen (secondary N) is 1. The highest BCUT2D eigenvalue weighted by Gasteiger charge is 2.14. The molecule has 5 nitrogen and oxygen atoms in total. The fraction of sp³-hybridized carbons (Fsp3) is 0.118. The fourth-order valence-corrected chi connectivity index (χ4v) is 1.72. The Bertz CT molecular complexity index is 768. The van der Waals surface area contributed by atoms with Gasteiger partial charge in [-0.2, -0.15) is 5.26 Å². The summed E-state index contributed by atoms with van der Waals surface area (Å²) < 4.78 is 13.4. The van der Waals surface area contributed by atoms with Gasteiger partial charge >= 0.3 is 0 Å². The highest BCUT2D eigenvalue weighted by Crippen LogP contribution is 2.11. The molecule has 0 radical (unpaired) electrons. The molecule has 0 aliphatic rings. The Kier molecular flexibility index (Phi) is 5.42. The number of oxime groups is 1. The number of benzene rings is 2. The Morgan fingerprint density at radius 2 is 2.13 bits per heavy atom. The van der Waals surface area contributed by atoms with Crippen molar-refractivity contribution in [2.24, 2.45) is 5.16 Å². The molecular weight excluding hydrogens is 297 g/mol. The average Bonchev–Trinajstić information content (AvgIpc) is 2.56. The highest BCUT2D eigenvalue weighted by molar-refractivity contribution is 5.94. The van der Waals surface area contributed by atoms with Crippen molar-refractivity contribution in [2.45, 2.75) is 13.0 Å². The molecule has 1 amide bonds. The van der Waals surface area contributed by atoms with Crippen molar-refractivity contribution in [3.05, 3.63) is 65.5 Å². The zero-order valence-corrected chi connectivity index (χ0v) is 12.4. The molecule has 2 rings (SSSR count). The van der Waals surface area contributed by atoms with E-state index in [0.29, 0.717) is 11.3 Å². The summed E-state index contributed by atoms with van der Waals surface area (Å²) in [6.45, 7) is 1.52. The summed E-state index contributed by atoms with van der Waals surface area (Å²) in [6.07, 6.45) is 0.332. The molecule has 116 valence electrons. The van der Waals surface area contributed by atoms with Gasteiger partial charge in [0.05, 0.1) is 17.8 Å². The third-order valence-corrected chi connectivity index (χ3v) is 2.94. The molecule has 0 aliphatic heterocycles. The summed E-state index contributed by atoms with van der Waals surface area (Å²) in [5, 5.41) is 15.0. The molecule has 1 atom stereocenters. The number of anilines is 1. The maximum Gasteiger partial charge on any atom is 0.267 e. The number of halogens is 1. The van der Waals surface area contributed by atoms with Gasteiger partial charge in [-0.25, -0.2) is 4.39 Å². The Hall–Kier alpha value is -3.20. The van der Waals surface area contributed by atoms with Crippen molar-refractivity contribution >= 4 is 17.8 Å². The molecule has 2 aromatic rings. The number of nitrogens with zero attached hydrogens (tertiary/aromatic N) is 2. The second kappa shape index (κ2) is 7.71. The first-order chi connectivity index (χ1) is 11.1. The lowest BCUT2D eigenvalue weighted by Gasteiger charge is -2.10. The van der Waals surface area contributed by atoms with Crippen molar-refractivity contribution in [1.82, 2.24) is 0 Å². The summed E-state index contributed by atoms with van der Waals surface area (Å²) in [5.74, 6) is -0.851. The summed E-state index contributed by atoms with van der Waals surface area (Å²) in [4.78, 5) is 17.0. The minimum absolute atomic E-state index is 0.266. The molecule has 2 aromatic carbocycles. The zero-order chi connectivity index (χ0) is 16.7. The number of carbonyl (C=O) groups is 1. The molecule has 0 saturated carbocycles. The molecule has 0 saturated heterocycles. The summed E-state index contributed by atoms with van der Waals surface area (Å²) in [7, 11) is 0. The van der Waals surface area contributed by atoms with Gasteiger partial charge in [0.25, 0.3) is 5.91 Å². The Labute approximate surface area is 133 Å². The number of carbonyl (C=O) groups excluding carboxylic acids is 1. The van der Waals surface area contributed by atoms with E-state index in [-0.39, 0.29) is 5.56 Å². The maximum absolute atomic E-state index is 13.4. The van der Waals surface area contributed by atoms with E-state index in [4.69, 9.17) is 10.1 Å². The third-order valence-electron chi connectivity index (χ3n) is 2.94. The van der Waals surface area contributed by atoms with Crippen molar-refractivity contribution in [2.75, 3.05) is 5.32 Å². The SMILES string of the molecule is C[C@@H](O/N=C\c1ccccc1F)C(=O)Nc1cccc(C#N)c1. The smallest absolute Gasteiger partial charge is 0.267 e. The van der Waals surface area contributed by atoms with E-state index in [1.165, 1.54) is 19.2 Å². The Balaban J connectivity index is 1.92. The van der Waals surface area contributed by atoms with E-state index >= 15 is 0 Å². The number of amides is 1. The Morgan fingerprint density at radius 3 is 2.87 bits per heavy atom. The van der Waals surface area contributed by atoms with E-state index in [0.717, 1.165) is 0 Å². The first kappa shape index (κ1) is 16.2. The summed E-state index contributed by atoms with van der Waals surface area (Å²) in [5.41, 5.74) is 1.19. The molecular formula is C17H14FN3O2. The van der Waals surface area contributed by atoms with Crippen LogP contribution in [0.5, 0.6) is 0 Å². The van der Waals surface area contributed by atoms with Crippen LogP contribution in [0.4, 0.5) is 10.1 Å². The quantitative estimate of drug-likeness (QED) is 0.681. The van der Waals surface area contributed by atoms with Crippen LogP contribution in [0.15, 0.2) is 53.7 Å². The van der Waals surface area contributed by atoms with Crippen LogP contribution < -0.4 is 5.32 Å². The first-order valence-electron chi connectivity index (χ1n) is 6.85. The van der Waals surface area contributed by atoms with Gasteiger partial charge in [0.2, 0.25) is 6.10 Å². The van der Waals surface area contributed by atoms with E-state index < -0.39 is 17.8 Å². The normalized spacial score (nSPS) is 11.7.